The number of anilines is 1. The number of hydrogen-bond donors (Lipinski definition) is 1. The van der Waals surface area contributed by atoms with Gasteiger partial charge in [-0.1, -0.05) is 0 Å². The summed E-state index contributed by atoms with van der Waals surface area (Å²) in [6.45, 7) is 1.49. The Morgan fingerprint density at radius 3 is 2.62 bits per heavy atom. The quantitative estimate of drug-likeness (QED) is 0.877. The largest absolute Gasteiger partial charge is 0.492 e. The minimum absolute atomic E-state index is 0.177. The van der Waals surface area contributed by atoms with Gasteiger partial charge in [-0.3, -0.25) is 9.48 Å². The number of likely N-dealkylation sites (N-methyl/N-ethyl adjacent to an activating group) is 1. The van der Waals surface area contributed by atoms with Gasteiger partial charge in [0.1, 0.15) is 12.4 Å². The molecule has 0 saturated carbocycles. The van der Waals surface area contributed by atoms with Gasteiger partial charge < -0.3 is 15.0 Å². The van der Waals surface area contributed by atoms with E-state index in [0.29, 0.717) is 12.2 Å². The predicted molar refractivity (Wildman–Crippen MR) is 81.7 cm³/mol. The molecule has 112 valence electrons. The van der Waals surface area contributed by atoms with Gasteiger partial charge >= 0.3 is 0 Å². The SMILES string of the molecule is CN(C)CCOc1ccc(NC(=O)c2cnn(C)c2)cc1. The molecule has 0 aliphatic heterocycles. The Bertz CT molecular complexity index is 590. The second kappa shape index (κ2) is 6.90. The van der Waals surface area contributed by atoms with Gasteiger partial charge in [0.05, 0.1) is 11.8 Å². The number of hydrogen-bond acceptors (Lipinski definition) is 4. The van der Waals surface area contributed by atoms with Crippen molar-refractivity contribution in [2.75, 3.05) is 32.6 Å². The van der Waals surface area contributed by atoms with Gasteiger partial charge in [-0.15, -0.1) is 0 Å². The molecule has 0 radical (unpaired) electrons. The molecule has 0 saturated heterocycles. The minimum Gasteiger partial charge on any atom is -0.492 e. The first-order valence-corrected chi connectivity index (χ1v) is 6.72. The van der Waals surface area contributed by atoms with Crippen LogP contribution in [0.5, 0.6) is 5.75 Å². The number of benzene rings is 1. The van der Waals surface area contributed by atoms with Crippen LogP contribution in [0.2, 0.25) is 0 Å². The molecule has 0 fully saturated rings. The maximum Gasteiger partial charge on any atom is 0.258 e. The lowest BCUT2D eigenvalue weighted by Gasteiger charge is -2.11. The molecule has 1 heterocycles. The van der Waals surface area contributed by atoms with E-state index in [1.54, 1.807) is 17.9 Å². The Balaban J connectivity index is 1.88. The molecule has 0 unspecified atom stereocenters. The fraction of sp³-hybridized carbons (Fsp3) is 0.333. The number of aryl methyl sites for hydroxylation is 1. The molecule has 0 aliphatic carbocycles. The number of amides is 1. The summed E-state index contributed by atoms with van der Waals surface area (Å²) in [5.41, 5.74) is 1.26. The van der Waals surface area contributed by atoms with E-state index in [9.17, 15) is 4.79 Å². The molecule has 0 bridgehead atoms. The molecular formula is C15H20N4O2. The zero-order valence-electron chi connectivity index (χ0n) is 12.5. The van der Waals surface area contributed by atoms with Crippen LogP contribution in [-0.2, 0) is 7.05 Å². The molecule has 2 aromatic rings. The monoisotopic (exact) mass is 288 g/mol. The average molecular weight is 288 g/mol. The van der Waals surface area contributed by atoms with Crippen molar-refractivity contribution in [1.82, 2.24) is 14.7 Å². The Hall–Kier alpha value is -2.34. The zero-order chi connectivity index (χ0) is 15.2. The van der Waals surface area contributed by atoms with Crippen molar-refractivity contribution in [2.45, 2.75) is 0 Å². The van der Waals surface area contributed by atoms with Gasteiger partial charge in [-0.2, -0.15) is 5.10 Å². The number of rotatable bonds is 6. The van der Waals surface area contributed by atoms with Gasteiger partial charge in [0, 0.05) is 25.5 Å². The molecule has 6 nitrogen and oxygen atoms in total. The first-order chi connectivity index (χ1) is 10.0. The fourth-order valence-corrected chi connectivity index (χ4v) is 1.72. The summed E-state index contributed by atoms with van der Waals surface area (Å²) in [6, 6.07) is 7.32. The lowest BCUT2D eigenvalue weighted by Crippen LogP contribution is -2.19. The minimum atomic E-state index is -0.177. The van der Waals surface area contributed by atoms with Crippen LogP contribution in [0.25, 0.3) is 0 Å². The van der Waals surface area contributed by atoms with E-state index < -0.39 is 0 Å². The van der Waals surface area contributed by atoms with Crippen LogP contribution < -0.4 is 10.1 Å². The third-order valence-electron chi connectivity index (χ3n) is 2.89. The third kappa shape index (κ3) is 4.61. The molecule has 0 spiro atoms. The topological polar surface area (TPSA) is 59.4 Å². The van der Waals surface area contributed by atoms with Crippen LogP contribution in [0.1, 0.15) is 10.4 Å². The van der Waals surface area contributed by atoms with Crippen LogP contribution in [0.15, 0.2) is 36.7 Å². The van der Waals surface area contributed by atoms with E-state index >= 15 is 0 Å². The zero-order valence-corrected chi connectivity index (χ0v) is 12.5. The lowest BCUT2D eigenvalue weighted by molar-refractivity contribution is 0.102. The second-order valence-electron chi connectivity index (χ2n) is 5.03. The van der Waals surface area contributed by atoms with E-state index in [1.165, 1.54) is 6.20 Å². The highest BCUT2D eigenvalue weighted by molar-refractivity contribution is 6.03. The molecular weight excluding hydrogens is 268 g/mol. The molecule has 0 aliphatic rings. The van der Waals surface area contributed by atoms with Gasteiger partial charge in [0.15, 0.2) is 0 Å². The van der Waals surface area contributed by atoms with Crippen molar-refractivity contribution in [2.24, 2.45) is 7.05 Å². The number of ether oxygens (including phenoxy) is 1. The fourth-order valence-electron chi connectivity index (χ4n) is 1.72. The summed E-state index contributed by atoms with van der Waals surface area (Å²) in [5.74, 6) is 0.612. The summed E-state index contributed by atoms with van der Waals surface area (Å²) < 4.78 is 7.19. The van der Waals surface area contributed by atoms with Crippen molar-refractivity contribution in [3.8, 4) is 5.75 Å². The van der Waals surface area contributed by atoms with E-state index in [2.05, 4.69) is 15.3 Å². The van der Waals surface area contributed by atoms with Gasteiger partial charge in [-0.25, -0.2) is 0 Å². The Morgan fingerprint density at radius 2 is 2.05 bits per heavy atom. The molecule has 1 N–H and O–H groups in total. The molecule has 1 aromatic heterocycles. The molecule has 6 heteroatoms. The van der Waals surface area contributed by atoms with Crippen LogP contribution in [-0.4, -0.2) is 47.8 Å². The van der Waals surface area contributed by atoms with Crippen LogP contribution in [0.4, 0.5) is 5.69 Å². The van der Waals surface area contributed by atoms with Crippen LogP contribution in [0.3, 0.4) is 0 Å². The molecule has 21 heavy (non-hydrogen) atoms. The third-order valence-corrected chi connectivity index (χ3v) is 2.89. The van der Waals surface area contributed by atoms with E-state index in [-0.39, 0.29) is 5.91 Å². The number of nitrogens with one attached hydrogen (secondary N) is 1. The van der Waals surface area contributed by atoms with Crippen molar-refractivity contribution < 1.29 is 9.53 Å². The second-order valence-corrected chi connectivity index (χ2v) is 5.03. The number of aromatic nitrogens is 2. The number of carbonyl (C=O) groups excluding carboxylic acids is 1. The summed E-state index contributed by atoms with van der Waals surface area (Å²) >= 11 is 0. The van der Waals surface area contributed by atoms with Gasteiger partial charge in [0.25, 0.3) is 5.91 Å². The van der Waals surface area contributed by atoms with Crippen molar-refractivity contribution in [1.29, 1.82) is 0 Å². The van der Waals surface area contributed by atoms with E-state index in [1.807, 2.05) is 38.4 Å². The number of nitrogens with zero attached hydrogens (tertiary/aromatic N) is 3. The lowest BCUT2D eigenvalue weighted by atomic mass is 10.2. The Labute approximate surface area is 124 Å². The van der Waals surface area contributed by atoms with E-state index in [4.69, 9.17) is 4.74 Å². The summed E-state index contributed by atoms with van der Waals surface area (Å²) in [7, 11) is 5.78. The van der Waals surface area contributed by atoms with Crippen molar-refractivity contribution in [3.63, 3.8) is 0 Å². The Kier molecular flexibility index (Phi) is 4.94. The molecule has 2 rings (SSSR count). The standard InChI is InChI=1S/C15H20N4O2/c1-18(2)8-9-21-14-6-4-13(5-7-14)17-15(20)12-10-16-19(3)11-12/h4-7,10-11H,8-9H2,1-3H3,(H,17,20). The molecule has 1 amide bonds. The van der Waals surface area contributed by atoms with Crippen LogP contribution >= 0.6 is 0 Å². The highest BCUT2D eigenvalue weighted by Crippen LogP contribution is 2.16. The summed E-state index contributed by atoms with van der Waals surface area (Å²) in [5, 5.41) is 6.79. The van der Waals surface area contributed by atoms with Crippen molar-refractivity contribution >= 4 is 11.6 Å². The first kappa shape index (κ1) is 15.1. The van der Waals surface area contributed by atoms with Crippen LogP contribution in [0, 0.1) is 0 Å². The maximum absolute atomic E-state index is 12.0. The van der Waals surface area contributed by atoms with Crippen molar-refractivity contribution in [3.05, 3.63) is 42.2 Å². The van der Waals surface area contributed by atoms with E-state index in [0.717, 1.165) is 18.0 Å². The smallest absolute Gasteiger partial charge is 0.258 e. The average Bonchev–Trinajstić information content (AvgIpc) is 2.87. The highest BCUT2D eigenvalue weighted by Gasteiger charge is 2.08. The summed E-state index contributed by atoms with van der Waals surface area (Å²) in [6.07, 6.45) is 3.21. The maximum atomic E-state index is 12.0. The summed E-state index contributed by atoms with van der Waals surface area (Å²) in [4.78, 5) is 14.0. The molecule has 1 aromatic carbocycles. The Morgan fingerprint density at radius 1 is 1.33 bits per heavy atom. The predicted octanol–water partition coefficient (Wildman–Crippen LogP) is 1.61. The number of carbonyl (C=O) groups is 1. The normalized spacial score (nSPS) is 10.7. The first-order valence-electron chi connectivity index (χ1n) is 6.72. The molecule has 0 atom stereocenters. The van der Waals surface area contributed by atoms with Gasteiger partial charge in [-0.05, 0) is 38.4 Å². The highest BCUT2D eigenvalue weighted by atomic mass is 16.5. The van der Waals surface area contributed by atoms with Gasteiger partial charge in [0.2, 0.25) is 0 Å².